The number of halogens is 1. The summed E-state index contributed by atoms with van der Waals surface area (Å²) in [7, 11) is 0. The molecular formula is C10H9FN2O. The lowest BCUT2D eigenvalue weighted by Gasteiger charge is -2.01. The Balaban J connectivity index is 2.20. The average molecular weight is 192 g/mol. The third-order valence-corrected chi connectivity index (χ3v) is 2.66. The molecule has 0 aliphatic heterocycles. The third kappa shape index (κ3) is 1.04. The summed E-state index contributed by atoms with van der Waals surface area (Å²) in [6.07, 6.45) is 2.70. The van der Waals surface area contributed by atoms with E-state index in [1.54, 1.807) is 6.07 Å². The van der Waals surface area contributed by atoms with Gasteiger partial charge in [0.05, 0.1) is 6.20 Å². The maximum atomic E-state index is 12.8. The molecule has 1 aliphatic rings. The first kappa shape index (κ1) is 7.94. The molecule has 0 saturated heterocycles. The first-order chi connectivity index (χ1) is 6.67. The van der Waals surface area contributed by atoms with E-state index in [0.29, 0.717) is 11.0 Å². The quantitative estimate of drug-likeness (QED) is 0.722. The third-order valence-electron chi connectivity index (χ3n) is 2.66. The van der Waals surface area contributed by atoms with Crippen LogP contribution in [0.2, 0.25) is 0 Å². The number of aliphatic hydroxyl groups is 1. The minimum Gasteiger partial charge on any atom is -0.384 e. The van der Waals surface area contributed by atoms with Gasteiger partial charge in [0.1, 0.15) is 17.1 Å². The van der Waals surface area contributed by atoms with E-state index >= 15 is 0 Å². The van der Waals surface area contributed by atoms with Crippen molar-refractivity contribution in [2.75, 3.05) is 0 Å². The number of hydrogen-bond donors (Lipinski definition) is 2. The van der Waals surface area contributed by atoms with Crippen LogP contribution in [0.5, 0.6) is 0 Å². The summed E-state index contributed by atoms with van der Waals surface area (Å²) in [6, 6.07) is 3.17. The van der Waals surface area contributed by atoms with E-state index in [4.69, 9.17) is 0 Å². The summed E-state index contributed by atoms with van der Waals surface area (Å²) in [5, 5.41) is 10.5. The monoisotopic (exact) mass is 192 g/mol. The minimum atomic E-state index is -0.711. The zero-order valence-electron chi connectivity index (χ0n) is 7.42. The molecule has 3 rings (SSSR count). The van der Waals surface area contributed by atoms with Crippen LogP contribution >= 0.6 is 0 Å². The summed E-state index contributed by atoms with van der Waals surface area (Å²) >= 11 is 0. The Morgan fingerprint density at radius 1 is 1.43 bits per heavy atom. The molecule has 2 aromatic heterocycles. The average Bonchev–Trinajstić information content (AvgIpc) is 2.77. The van der Waals surface area contributed by atoms with Crippen LogP contribution < -0.4 is 0 Å². The normalized spacial score (nSPS) is 18.7. The molecule has 0 aromatic carbocycles. The molecule has 0 radical (unpaired) electrons. The zero-order chi connectivity index (χ0) is 9.76. The van der Waals surface area contributed by atoms with Gasteiger partial charge in [-0.3, -0.25) is 0 Å². The standard InChI is InChI=1S/C10H9FN2O/c11-7-3-6-4-8(10(14)1-2-10)13-9(6)12-5-7/h3-5,14H,1-2H2,(H,12,13). The van der Waals surface area contributed by atoms with E-state index in [0.717, 1.165) is 18.5 Å². The number of rotatable bonds is 1. The van der Waals surface area contributed by atoms with Crippen molar-refractivity contribution in [2.45, 2.75) is 18.4 Å². The van der Waals surface area contributed by atoms with Gasteiger partial charge in [0, 0.05) is 11.1 Å². The Bertz CT molecular complexity index is 502. The molecule has 2 aromatic rings. The van der Waals surface area contributed by atoms with E-state index in [-0.39, 0.29) is 5.82 Å². The lowest BCUT2D eigenvalue weighted by Crippen LogP contribution is -2.03. The van der Waals surface area contributed by atoms with Crippen molar-refractivity contribution in [3.05, 3.63) is 29.8 Å². The van der Waals surface area contributed by atoms with Gasteiger partial charge in [0.25, 0.3) is 0 Å². The number of hydrogen-bond acceptors (Lipinski definition) is 2. The van der Waals surface area contributed by atoms with Gasteiger partial charge >= 0.3 is 0 Å². The van der Waals surface area contributed by atoms with Crippen molar-refractivity contribution in [3.8, 4) is 0 Å². The predicted molar refractivity (Wildman–Crippen MR) is 49.2 cm³/mol. The summed E-state index contributed by atoms with van der Waals surface area (Å²) in [5.74, 6) is -0.356. The predicted octanol–water partition coefficient (Wildman–Crippen LogP) is 1.68. The summed E-state index contributed by atoms with van der Waals surface area (Å²) in [4.78, 5) is 6.90. The highest BCUT2D eigenvalue weighted by atomic mass is 19.1. The molecule has 1 fully saturated rings. The summed E-state index contributed by atoms with van der Waals surface area (Å²) in [5.41, 5.74) is 0.657. The van der Waals surface area contributed by atoms with E-state index in [1.807, 2.05) is 0 Å². The molecule has 3 nitrogen and oxygen atoms in total. The van der Waals surface area contributed by atoms with Crippen LogP contribution in [0.4, 0.5) is 4.39 Å². The van der Waals surface area contributed by atoms with Gasteiger partial charge in [-0.25, -0.2) is 9.37 Å². The van der Waals surface area contributed by atoms with Crippen molar-refractivity contribution < 1.29 is 9.50 Å². The molecule has 0 bridgehead atoms. The molecule has 0 unspecified atom stereocenters. The lowest BCUT2D eigenvalue weighted by molar-refractivity contribution is 0.147. The number of nitrogens with zero attached hydrogens (tertiary/aromatic N) is 1. The van der Waals surface area contributed by atoms with Crippen LogP contribution in [0.1, 0.15) is 18.5 Å². The van der Waals surface area contributed by atoms with Crippen molar-refractivity contribution in [1.29, 1.82) is 0 Å². The molecule has 72 valence electrons. The van der Waals surface area contributed by atoms with Crippen LogP contribution in [-0.2, 0) is 5.60 Å². The Kier molecular flexibility index (Phi) is 1.32. The van der Waals surface area contributed by atoms with Crippen molar-refractivity contribution in [3.63, 3.8) is 0 Å². The highest BCUT2D eigenvalue weighted by Crippen LogP contribution is 2.45. The van der Waals surface area contributed by atoms with Gasteiger partial charge in [-0.05, 0) is 25.0 Å². The van der Waals surface area contributed by atoms with Gasteiger partial charge in [0.2, 0.25) is 0 Å². The maximum Gasteiger partial charge on any atom is 0.142 e. The van der Waals surface area contributed by atoms with Crippen LogP contribution in [0.15, 0.2) is 18.3 Å². The number of fused-ring (bicyclic) bond motifs is 1. The second-order valence-electron chi connectivity index (χ2n) is 3.81. The molecule has 4 heteroatoms. The number of H-pyrrole nitrogens is 1. The van der Waals surface area contributed by atoms with Gasteiger partial charge < -0.3 is 10.1 Å². The molecule has 0 amide bonds. The molecule has 2 N–H and O–H groups in total. The minimum absolute atomic E-state index is 0.356. The van der Waals surface area contributed by atoms with Crippen LogP contribution in [0, 0.1) is 5.82 Å². The largest absolute Gasteiger partial charge is 0.384 e. The zero-order valence-corrected chi connectivity index (χ0v) is 7.42. The van der Waals surface area contributed by atoms with E-state index in [9.17, 15) is 9.50 Å². The van der Waals surface area contributed by atoms with Crippen molar-refractivity contribution >= 4 is 11.0 Å². The maximum absolute atomic E-state index is 12.8. The summed E-state index contributed by atoms with van der Waals surface area (Å²) < 4.78 is 12.8. The lowest BCUT2D eigenvalue weighted by atomic mass is 10.2. The first-order valence-electron chi connectivity index (χ1n) is 4.54. The number of aromatic amines is 1. The first-order valence-corrected chi connectivity index (χ1v) is 4.54. The molecule has 2 heterocycles. The highest BCUT2D eigenvalue weighted by molar-refractivity contribution is 5.76. The van der Waals surface area contributed by atoms with Gasteiger partial charge in [0.15, 0.2) is 0 Å². The smallest absolute Gasteiger partial charge is 0.142 e. The highest BCUT2D eigenvalue weighted by Gasteiger charge is 2.43. The number of aromatic nitrogens is 2. The Labute approximate surface area is 79.6 Å². The van der Waals surface area contributed by atoms with Crippen molar-refractivity contribution in [2.24, 2.45) is 0 Å². The van der Waals surface area contributed by atoms with E-state index < -0.39 is 5.60 Å². The van der Waals surface area contributed by atoms with Gasteiger partial charge in [-0.1, -0.05) is 0 Å². The second-order valence-corrected chi connectivity index (χ2v) is 3.81. The fourth-order valence-corrected chi connectivity index (χ4v) is 1.63. The molecule has 0 spiro atoms. The number of pyridine rings is 1. The SMILES string of the molecule is OC1(c2cc3cc(F)cnc3[nH]2)CC1. The van der Waals surface area contributed by atoms with E-state index in [1.165, 1.54) is 12.3 Å². The molecular weight excluding hydrogens is 183 g/mol. The fraction of sp³-hybridized carbons (Fsp3) is 0.300. The molecule has 14 heavy (non-hydrogen) atoms. The van der Waals surface area contributed by atoms with Crippen LogP contribution in [0.3, 0.4) is 0 Å². The topological polar surface area (TPSA) is 48.9 Å². The van der Waals surface area contributed by atoms with E-state index in [2.05, 4.69) is 9.97 Å². The van der Waals surface area contributed by atoms with Gasteiger partial charge in [-0.15, -0.1) is 0 Å². The van der Waals surface area contributed by atoms with Gasteiger partial charge in [-0.2, -0.15) is 0 Å². The Morgan fingerprint density at radius 3 is 2.93 bits per heavy atom. The number of nitrogens with one attached hydrogen (secondary N) is 1. The molecule has 1 saturated carbocycles. The molecule has 0 atom stereocenters. The van der Waals surface area contributed by atoms with Crippen molar-refractivity contribution in [1.82, 2.24) is 9.97 Å². The fourth-order valence-electron chi connectivity index (χ4n) is 1.63. The summed E-state index contributed by atoms with van der Waals surface area (Å²) in [6.45, 7) is 0. The Hall–Kier alpha value is -1.42. The Morgan fingerprint density at radius 2 is 2.21 bits per heavy atom. The second kappa shape index (κ2) is 2.33. The van der Waals surface area contributed by atoms with Crippen LogP contribution in [0.25, 0.3) is 11.0 Å². The molecule has 1 aliphatic carbocycles. The van der Waals surface area contributed by atoms with Crippen LogP contribution in [-0.4, -0.2) is 15.1 Å².